The Balaban J connectivity index is 1.37. The smallest absolute Gasteiger partial charge is 0.253 e. The van der Waals surface area contributed by atoms with Crippen LogP contribution in [0.15, 0.2) is 48.5 Å². The van der Waals surface area contributed by atoms with E-state index in [0.717, 1.165) is 22.2 Å². The summed E-state index contributed by atoms with van der Waals surface area (Å²) in [6, 6.07) is 14.5. The number of nitrogens with zero attached hydrogens (tertiary/aromatic N) is 3. The minimum Gasteiger partial charge on any atom is -0.394 e. The highest BCUT2D eigenvalue weighted by atomic mass is 16.3. The predicted molar refractivity (Wildman–Crippen MR) is 119 cm³/mol. The number of amides is 2. The first-order valence-corrected chi connectivity index (χ1v) is 10.2. The molecule has 2 amide bonds. The number of nitrogens with two attached hydrogens (primary N) is 1. The molecule has 31 heavy (non-hydrogen) atoms. The van der Waals surface area contributed by atoms with Crippen molar-refractivity contribution in [2.45, 2.75) is 6.04 Å². The fourth-order valence-electron chi connectivity index (χ4n) is 3.65. The molecule has 8 nitrogen and oxygen atoms in total. The van der Waals surface area contributed by atoms with E-state index in [9.17, 15) is 9.59 Å². The number of aromatic nitrogens is 2. The highest BCUT2D eigenvalue weighted by molar-refractivity contribution is 5.95. The summed E-state index contributed by atoms with van der Waals surface area (Å²) in [6.45, 7) is 1.33. The van der Waals surface area contributed by atoms with Gasteiger partial charge in [0.25, 0.3) is 5.91 Å². The zero-order valence-corrected chi connectivity index (χ0v) is 17.1. The van der Waals surface area contributed by atoms with Crippen molar-refractivity contribution in [3.63, 3.8) is 0 Å². The molecule has 0 radical (unpaired) electrons. The van der Waals surface area contributed by atoms with E-state index >= 15 is 0 Å². The van der Waals surface area contributed by atoms with E-state index < -0.39 is 6.04 Å². The van der Waals surface area contributed by atoms with E-state index in [0.29, 0.717) is 31.7 Å². The van der Waals surface area contributed by atoms with Gasteiger partial charge in [0.2, 0.25) is 5.91 Å². The zero-order valence-electron chi connectivity index (χ0n) is 17.1. The molecule has 1 saturated heterocycles. The number of hydrogen-bond acceptors (Lipinski definition) is 5. The van der Waals surface area contributed by atoms with Crippen LogP contribution in [0.5, 0.6) is 0 Å². The number of piperazine rings is 1. The van der Waals surface area contributed by atoms with E-state index in [1.165, 1.54) is 0 Å². The SMILES string of the molecule is N[C@@H](CO)C(=O)N1CCN(C(=O)c2ccc(/C=C/c3n[nH]c4ccccc34)cc2)CC1. The van der Waals surface area contributed by atoms with Crippen molar-refractivity contribution < 1.29 is 14.7 Å². The predicted octanol–water partition coefficient (Wildman–Crippen LogP) is 1.34. The van der Waals surface area contributed by atoms with E-state index in [4.69, 9.17) is 10.8 Å². The summed E-state index contributed by atoms with van der Waals surface area (Å²) in [6.07, 6.45) is 3.91. The number of hydrogen-bond donors (Lipinski definition) is 3. The quantitative estimate of drug-likeness (QED) is 0.577. The Morgan fingerprint density at radius 1 is 1.03 bits per heavy atom. The second-order valence-corrected chi connectivity index (χ2v) is 7.52. The number of rotatable bonds is 5. The number of H-pyrrole nitrogens is 1. The molecule has 0 bridgehead atoms. The summed E-state index contributed by atoms with van der Waals surface area (Å²) in [4.78, 5) is 28.2. The number of benzene rings is 2. The molecule has 4 N–H and O–H groups in total. The van der Waals surface area contributed by atoms with Gasteiger partial charge in [0.15, 0.2) is 0 Å². The summed E-state index contributed by atoms with van der Waals surface area (Å²) in [7, 11) is 0. The normalized spacial score (nSPS) is 15.5. The first kappa shape index (κ1) is 20.8. The van der Waals surface area contributed by atoms with Gasteiger partial charge in [-0.05, 0) is 29.8 Å². The van der Waals surface area contributed by atoms with Crippen molar-refractivity contribution in [2.24, 2.45) is 5.73 Å². The van der Waals surface area contributed by atoms with E-state index in [1.807, 2.05) is 60.7 Å². The van der Waals surface area contributed by atoms with Crippen molar-refractivity contribution in [3.8, 4) is 0 Å². The van der Waals surface area contributed by atoms with Crippen LogP contribution in [-0.2, 0) is 4.79 Å². The number of aliphatic hydroxyl groups excluding tert-OH is 1. The van der Waals surface area contributed by atoms with Gasteiger partial charge in [0.05, 0.1) is 17.8 Å². The van der Waals surface area contributed by atoms with Crippen LogP contribution in [0, 0.1) is 0 Å². The Labute approximate surface area is 179 Å². The molecule has 2 aromatic carbocycles. The van der Waals surface area contributed by atoms with Gasteiger partial charge in [0, 0.05) is 37.1 Å². The minimum atomic E-state index is -0.901. The molecule has 1 aromatic heterocycles. The highest BCUT2D eigenvalue weighted by Gasteiger charge is 2.27. The van der Waals surface area contributed by atoms with Crippen molar-refractivity contribution in [2.75, 3.05) is 32.8 Å². The molecule has 3 aromatic rings. The molecule has 4 rings (SSSR count). The lowest BCUT2D eigenvalue weighted by atomic mass is 10.1. The molecular weight excluding hydrogens is 394 g/mol. The van der Waals surface area contributed by atoms with E-state index in [1.54, 1.807) is 9.80 Å². The highest BCUT2D eigenvalue weighted by Crippen LogP contribution is 2.18. The lowest BCUT2D eigenvalue weighted by Crippen LogP contribution is -2.55. The topological polar surface area (TPSA) is 116 Å². The number of aliphatic hydroxyl groups is 1. The fourth-order valence-corrected chi connectivity index (χ4v) is 3.65. The number of carbonyl (C=O) groups is 2. The number of fused-ring (bicyclic) bond motifs is 1. The van der Waals surface area contributed by atoms with Crippen LogP contribution in [0.4, 0.5) is 0 Å². The first-order chi connectivity index (χ1) is 15.1. The molecule has 2 heterocycles. The molecule has 1 aliphatic heterocycles. The summed E-state index contributed by atoms with van der Waals surface area (Å²) >= 11 is 0. The molecular formula is C23H25N5O3. The average Bonchev–Trinajstić information content (AvgIpc) is 3.25. The first-order valence-electron chi connectivity index (χ1n) is 10.2. The van der Waals surface area contributed by atoms with Gasteiger partial charge >= 0.3 is 0 Å². The summed E-state index contributed by atoms with van der Waals surface area (Å²) in [5.41, 5.74) is 9.03. The van der Waals surface area contributed by atoms with Crippen LogP contribution < -0.4 is 5.73 Å². The van der Waals surface area contributed by atoms with Gasteiger partial charge in [-0.3, -0.25) is 14.7 Å². The monoisotopic (exact) mass is 419 g/mol. The third kappa shape index (κ3) is 4.50. The molecule has 1 atom stereocenters. The number of aromatic amines is 1. The summed E-state index contributed by atoms with van der Waals surface area (Å²) in [5, 5.41) is 17.4. The Morgan fingerprint density at radius 2 is 1.71 bits per heavy atom. The van der Waals surface area contributed by atoms with Gasteiger partial charge in [-0.25, -0.2) is 0 Å². The summed E-state index contributed by atoms with van der Waals surface area (Å²) in [5.74, 6) is -0.345. The lowest BCUT2D eigenvalue weighted by Gasteiger charge is -2.35. The average molecular weight is 419 g/mol. The van der Waals surface area contributed by atoms with Crippen molar-refractivity contribution in [1.82, 2.24) is 20.0 Å². The largest absolute Gasteiger partial charge is 0.394 e. The van der Waals surface area contributed by atoms with Crippen LogP contribution in [-0.4, -0.2) is 75.7 Å². The zero-order chi connectivity index (χ0) is 21.8. The van der Waals surface area contributed by atoms with Crippen LogP contribution in [0.3, 0.4) is 0 Å². The molecule has 8 heteroatoms. The maximum absolute atomic E-state index is 12.8. The number of carbonyl (C=O) groups excluding carboxylic acids is 2. The molecule has 1 fully saturated rings. The standard InChI is InChI=1S/C23H25N5O3/c24-19(15-29)23(31)28-13-11-27(12-14-28)22(30)17-8-5-16(6-9-17)7-10-21-18-3-1-2-4-20(18)25-26-21/h1-10,19,29H,11-15,24H2,(H,25,26)/b10-7+/t19-/m0/s1. The second-order valence-electron chi connectivity index (χ2n) is 7.52. The van der Waals surface area contributed by atoms with Gasteiger partial charge in [-0.15, -0.1) is 0 Å². The molecule has 0 aliphatic carbocycles. The van der Waals surface area contributed by atoms with Crippen LogP contribution in [0.25, 0.3) is 23.1 Å². The Kier molecular flexibility index (Phi) is 6.11. The number of para-hydroxylation sites is 1. The van der Waals surface area contributed by atoms with Crippen LogP contribution in [0.2, 0.25) is 0 Å². The maximum atomic E-state index is 12.8. The molecule has 0 spiro atoms. The molecule has 0 unspecified atom stereocenters. The number of nitrogens with one attached hydrogen (secondary N) is 1. The van der Waals surface area contributed by atoms with Gasteiger partial charge in [-0.1, -0.05) is 36.4 Å². The third-order valence-electron chi connectivity index (χ3n) is 5.48. The second kappa shape index (κ2) is 9.11. The van der Waals surface area contributed by atoms with Crippen molar-refractivity contribution >= 4 is 34.9 Å². The minimum absolute atomic E-state index is 0.0626. The Morgan fingerprint density at radius 3 is 2.42 bits per heavy atom. The Bertz CT molecular complexity index is 1100. The summed E-state index contributed by atoms with van der Waals surface area (Å²) < 4.78 is 0. The molecule has 1 aliphatic rings. The molecule has 0 saturated carbocycles. The van der Waals surface area contributed by atoms with E-state index in [-0.39, 0.29) is 18.4 Å². The van der Waals surface area contributed by atoms with Gasteiger partial charge in [-0.2, -0.15) is 5.10 Å². The van der Waals surface area contributed by atoms with Crippen LogP contribution in [0.1, 0.15) is 21.6 Å². The van der Waals surface area contributed by atoms with Crippen LogP contribution >= 0.6 is 0 Å². The Hall–Kier alpha value is -3.49. The van der Waals surface area contributed by atoms with E-state index in [2.05, 4.69) is 10.2 Å². The van der Waals surface area contributed by atoms with Crippen molar-refractivity contribution in [3.05, 3.63) is 65.4 Å². The molecule has 160 valence electrons. The lowest BCUT2D eigenvalue weighted by molar-refractivity contribution is -0.134. The third-order valence-corrected chi connectivity index (χ3v) is 5.48. The van der Waals surface area contributed by atoms with Crippen molar-refractivity contribution in [1.29, 1.82) is 0 Å². The van der Waals surface area contributed by atoms with Gasteiger partial charge in [0.1, 0.15) is 6.04 Å². The van der Waals surface area contributed by atoms with Gasteiger partial charge < -0.3 is 20.6 Å². The fraction of sp³-hybridized carbons (Fsp3) is 0.261. The maximum Gasteiger partial charge on any atom is 0.253 e.